The Morgan fingerprint density at radius 3 is 0.743 bits per heavy atom. The van der Waals surface area contributed by atoms with Crippen LogP contribution in [0.1, 0.15) is 0 Å². The molecule has 1 heterocycles. The Labute approximate surface area is 434 Å². The van der Waals surface area contributed by atoms with Gasteiger partial charge in [0.15, 0.2) is 0 Å². The van der Waals surface area contributed by atoms with Crippen molar-refractivity contribution in [2.45, 2.75) is 0 Å². The molecule has 0 aliphatic rings. The molecule has 0 aliphatic heterocycles. The lowest BCUT2D eigenvalue weighted by Gasteiger charge is -2.35. The first kappa shape index (κ1) is 45.3. The molecule has 11 aromatic carbocycles. The van der Waals surface area contributed by atoms with Gasteiger partial charge >= 0.3 is 0 Å². The lowest BCUT2D eigenvalue weighted by molar-refractivity contribution is 1.23. The number of hydrogen-bond acceptors (Lipinski definition) is 3. The summed E-state index contributed by atoms with van der Waals surface area (Å²) >= 11 is 0. The second kappa shape index (κ2) is 20.9. The van der Waals surface area contributed by atoms with Crippen molar-refractivity contribution in [3.8, 4) is 78.0 Å². The van der Waals surface area contributed by atoms with E-state index in [0.29, 0.717) is 0 Å². The van der Waals surface area contributed by atoms with E-state index in [1.807, 2.05) is 18.3 Å². The number of aromatic nitrogens is 1. The third kappa shape index (κ3) is 9.54. The average Bonchev–Trinajstić information content (AvgIpc) is 3.51. The largest absolute Gasteiger partial charge is 0.308 e. The lowest BCUT2D eigenvalue weighted by Crippen LogP contribution is -2.17. The fraction of sp³-hybridized carbons (Fsp3) is 0. The minimum Gasteiger partial charge on any atom is -0.308 e. The van der Waals surface area contributed by atoms with Crippen molar-refractivity contribution in [2.24, 2.45) is 0 Å². The van der Waals surface area contributed by atoms with E-state index in [-0.39, 0.29) is 0 Å². The minimum absolute atomic E-state index is 0.939. The fourth-order valence-corrected chi connectivity index (χ4v) is 9.97. The van der Waals surface area contributed by atoms with Gasteiger partial charge in [-0.25, -0.2) is 0 Å². The van der Waals surface area contributed by atoms with E-state index in [1.54, 1.807) is 0 Å². The van der Waals surface area contributed by atoms with Crippen molar-refractivity contribution in [3.05, 3.63) is 310 Å². The summed E-state index contributed by atoms with van der Waals surface area (Å²) in [7, 11) is 0. The zero-order valence-corrected chi connectivity index (χ0v) is 40.8. The van der Waals surface area contributed by atoms with Crippen molar-refractivity contribution >= 4 is 34.1 Å². The number of pyridine rings is 1. The Morgan fingerprint density at radius 2 is 0.446 bits per heavy atom. The van der Waals surface area contributed by atoms with Gasteiger partial charge in [-0.05, 0) is 140 Å². The summed E-state index contributed by atoms with van der Waals surface area (Å²) in [6, 6.07) is 109. The summed E-state index contributed by atoms with van der Waals surface area (Å²) in [4.78, 5) is 9.56. The molecule has 0 unspecified atom stereocenters. The highest BCUT2D eigenvalue weighted by atomic mass is 15.2. The maximum Gasteiger partial charge on any atom is 0.0709 e. The van der Waals surface area contributed by atoms with Gasteiger partial charge in [-0.3, -0.25) is 4.98 Å². The van der Waals surface area contributed by atoms with Crippen molar-refractivity contribution < 1.29 is 0 Å². The summed E-state index contributed by atoms with van der Waals surface area (Å²) in [6.45, 7) is 0. The maximum atomic E-state index is 4.69. The number of nitrogens with zero attached hydrogens (tertiary/aromatic N) is 3. The normalized spacial score (nSPS) is 11.0. The van der Waals surface area contributed by atoms with Gasteiger partial charge in [0.1, 0.15) is 0 Å². The molecule has 0 saturated carbocycles. The molecule has 0 spiro atoms. The number of hydrogen-bond donors (Lipinski definition) is 0. The van der Waals surface area contributed by atoms with Crippen molar-refractivity contribution in [1.82, 2.24) is 4.98 Å². The molecule has 0 saturated heterocycles. The molecular weight excluding hydrogens is 895 g/mol. The van der Waals surface area contributed by atoms with Gasteiger partial charge in [-0.2, -0.15) is 0 Å². The van der Waals surface area contributed by atoms with Crippen LogP contribution in [0.2, 0.25) is 0 Å². The molecule has 0 radical (unpaired) electrons. The average molecular weight is 946 g/mol. The van der Waals surface area contributed by atoms with Crippen LogP contribution >= 0.6 is 0 Å². The van der Waals surface area contributed by atoms with Crippen LogP contribution in [-0.4, -0.2) is 4.98 Å². The standard InChI is InChI=1S/C71H51N3/c1-6-18-52(19-7-1)56-33-41-63(42-34-56)73(64-43-35-57(36-44-64)53-20-8-2-9-21-53)70-50-67(60-26-14-5-15-27-60)68(61-29-31-62(32-30-61)69-28-16-17-49-72-69)51-71(70)74(65-45-37-58(38-46-65)54-22-10-3-11-23-54)66-47-39-59(40-48-66)55-24-12-4-13-25-55/h1-51H. The van der Waals surface area contributed by atoms with Gasteiger partial charge in [-0.15, -0.1) is 0 Å². The van der Waals surface area contributed by atoms with Crippen LogP contribution in [-0.2, 0) is 0 Å². The smallest absolute Gasteiger partial charge is 0.0709 e. The molecule has 0 bridgehead atoms. The Balaban J connectivity index is 1.13. The molecule has 3 heteroatoms. The number of anilines is 6. The third-order valence-electron chi connectivity index (χ3n) is 13.8. The first-order chi connectivity index (χ1) is 36.7. The van der Waals surface area contributed by atoms with E-state index >= 15 is 0 Å². The molecule has 0 N–H and O–H groups in total. The summed E-state index contributed by atoms with van der Waals surface area (Å²) in [5, 5.41) is 0. The lowest BCUT2D eigenvalue weighted by atomic mass is 9.91. The van der Waals surface area contributed by atoms with E-state index in [1.165, 1.54) is 22.3 Å². The summed E-state index contributed by atoms with van der Waals surface area (Å²) < 4.78 is 0. The molecule has 0 atom stereocenters. The molecule has 0 aliphatic carbocycles. The van der Waals surface area contributed by atoms with Gasteiger partial charge < -0.3 is 9.80 Å². The van der Waals surface area contributed by atoms with E-state index in [2.05, 4.69) is 301 Å². The highest BCUT2D eigenvalue weighted by Gasteiger charge is 2.26. The zero-order valence-electron chi connectivity index (χ0n) is 40.8. The molecule has 1 aromatic heterocycles. The first-order valence-electron chi connectivity index (χ1n) is 25.2. The van der Waals surface area contributed by atoms with Crippen LogP contribution in [0.25, 0.3) is 78.0 Å². The van der Waals surface area contributed by atoms with E-state index in [0.717, 1.165) is 89.9 Å². The van der Waals surface area contributed by atoms with Gasteiger partial charge in [0.2, 0.25) is 0 Å². The van der Waals surface area contributed by atoms with E-state index in [9.17, 15) is 0 Å². The fourth-order valence-electron chi connectivity index (χ4n) is 9.97. The highest BCUT2D eigenvalue weighted by Crippen LogP contribution is 2.51. The van der Waals surface area contributed by atoms with Crippen molar-refractivity contribution in [1.29, 1.82) is 0 Å². The van der Waals surface area contributed by atoms with Gasteiger partial charge in [-0.1, -0.05) is 231 Å². The Kier molecular flexibility index (Phi) is 12.8. The molecule has 350 valence electrons. The Hall–Kier alpha value is -9.83. The molecule has 12 aromatic rings. The molecular formula is C71H51N3. The second-order valence-corrected chi connectivity index (χ2v) is 18.4. The summed E-state index contributed by atoms with van der Waals surface area (Å²) in [6.07, 6.45) is 1.85. The van der Waals surface area contributed by atoms with Gasteiger partial charge in [0, 0.05) is 34.5 Å². The summed E-state index contributed by atoms with van der Waals surface area (Å²) in [5.74, 6) is 0. The van der Waals surface area contributed by atoms with Crippen LogP contribution in [0.3, 0.4) is 0 Å². The third-order valence-corrected chi connectivity index (χ3v) is 13.8. The van der Waals surface area contributed by atoms with Gasteiger partial charge in [0.05, 0.1) is 17.1 Å². The van der Waals surface area contributed by atoms with E-state index < -0.39 is 0 Å². The Morgan fingerprint density at radius 1 is 0.203 bits per heavy atom. The SMILES string of the molecule is c1ccc(-c2ccc(N(c3ccc(-c4ccccc4)cc3)c3cc(-c4ccccc4)c(-c4ccc(-c5ccccn5)cc4)cc3N(c3ccc(-c4ccccc4)cc3)c3ccc(-c4ccccc4)cc3)cc2)cc1. The minimum atomic E-state index is 0.939. The second-order valence-electron chi connectivity index (χ2n) is 18.4. The number of rotatable bonds is 13. The topological polar surface area (TPSA) is 19.4 Å². The molecule has 3 nitrogen and oxygen atoms in total. The van der Waals surface area contributed by atoms with Crippen LogP contribution in [0.15, 0.2) is 310 Å². The van der Waals surface area contributed by atoms with Crippen LogP contribution in [0.5, 0.6) is 0 Å². The summed E-state index contributed by atoms with van der Waals surface area (Å²) in [5.41, 5.74) is 21.9. The molecule has 0 fully saturated rings. The first-order valence-corrected chi connectivity index (χ1v) is 25.2. The quantitative estimate of drug-likeness (QED) is 0.115. The van der Waals surface area contributed by atoms with E-state index in [4.69, 9.17) is 4.98 Å². The zero-order chi connectivity index (χ0) is 49.5. The van der Waals surface area contributed by atoms with Crippen LogP contribution < -0.4 is 9.80 Å². The monoisotopic (exact) mass is 945 g/mol. The number of benzene rings is 11. The predicted octanol–water partition coefficient (Wildman–Crippen LogP) is 19.7. The molecule has 12 rings (SSSR count). The predicted molar refractivity (Wildman–Crippen MR) is 312 cm³/mol. The van der Waals surface area contributed by atoms with Crippen LogP contribution in [0, 0.1) is 0 Å². The Bertz CT molecular complexity index is 3570. The molecule has 0 amide bonds. The van der Waals surface area contributed by atoms with Crippen molar-refractivity contribution in [2.75, 3.05) is 9.80 Å². The maximum absolute atomic E-state index is 4.69. The van der Waals surface area contributed by atoms with Gasteiger partial charge in [0.25, 0.3) is 0 Å². The van der Waals surface area contributed by atoms with Crippen LogP contribution in [0.4, 0.5) is 34.1 Å². The van der Waals surface area contributed by atoms with Crippen molar-refractivity contribution in [3.63, 3.8) is 0 Å². The molecule has 74 heavy (non-hydrogen) atoms. The highest BCUT2D eigenvalue weighted by molar-refractivity contribution is 5.99.